The first-order chi connectivity index (χ1) is 6.90. The minimum atomic E-state index is -0.413. The summed E-state index contributed by atoms with van der Waals surface area (Å²) in [7, 11) is 0. The van der Waals surface area contributed by atoms with E-state index >= 15 is 0 Å². The molecule has 0 aromatic heterocycles. The number of amides is 1. The molecule has 0 unspecified atom stereocenters. The van der Waals surface area contributed by atoms with Gasteiger partial charge >= 0.3 is 6.09 Å². The van der Waals surface area contributed by atoms with Gasteiger partial charge in [-0.15, -0.1) is 0 Å². The maximum atomic E-state index is 11.3. The molecule has 0 atom stereocenters. The summed E-state index contributed by atoms with van der Waals surface area (Å²) < 4.78 is 5.14. The molecule has 0 aromatic carbocycles. The third-order valence-electron chi connectivity index (χ3n) is 2.60. The molecule has 1 amide bonds. The molecule has 4 nitrogen and oxygen atoms in total. The van der Waals surface area contributed by atoms with Crippen LogP contribution in [0.2, 0.25) is 0 Å². The second-order valence-corrected chi connectivity index (χ2v) is 5.32. The Labute approximate surface area is 91.5 Å². The molecular formula is C11H22N2O2. The normalized spacial score (nSPS) is 25.6. The van der Waals surface area contributed by atoms with Crippen molar-refractivity contribution in [2.45, 2.75) is 39.2 Å². The monoisotopic (exact) mass is 214 g/mol. The van der Waals surface area contributed by atoms with Gasteiger partial charge in [0.15, 0.2) is 0 Å². The second-order valence-electron chi connectivity index (χ2n) is 5.32. The highest BCUT2D eigenvalue weighted by atomic mass is 16.6. The highest BCUT2D eigenvalue weighted by Gasteiger charge is 2.28. The van der Waals surface area contributed by atoms with Crippen LogP contribution in [0.25, 0.3) is 0 Å². The van der Waals surface area contributed by atoms with Crippen LogP contribution in [0.4, 0.5) is 4.79 Å². The zero-order valence-electron chi connectivity index (χ0n) is 9.88. The number of carbonyl (C=O) groups excluding carboxylic acids is 1. The van der Waals surface area contributed by atoms with Gasteiger partial charge in [0, 0.05) is 6.54 Å². The molecule has 0 spiro atoms. The van der Waals surface area contributed by atoms with Crippen LogP contribution in [0.15, 0.2) is 0 Å². The minimum Gasteiger partial charge on any atom is -0.444 e. The van der Waals surface area contributed by atoms with Crippen LogP contribution in [-0.2, 0) is 4.74 Å². The minimum absolute atomic E-state index is 0.321. The first kappa shape index (κ1) is 12.3. The largest absolute Gasteiger partial charge is 0.444 e. The molecule has 0 bridgehead atoms. The standard InChI is InChI=1S/C11H22N2O2/c1-11(2,3)15-10(14)13-7-9-4-8(5-9)6-12/h8-9H,4-7,12H2,1-3H3,(H,13,14). The van der Waals surface area contributed by atoms with Gasteiger partial charge in [-0.1, -0.05) is 0 Å². The number of nitrogens with one attached hydrogen (secondary N) is 1. The summed E-state index contributed by atoms with van der Waals surface area (Å²) in [5, 5.41) is 2.78. The molecule has 0 saturated heterocycles. The molecule has 1 aliphatic rings. The van der Waals surface area contributed by atoms with E-state index in [1.807, 2.05) is 20.8 Å². The lowest BCUT2D eigenvalue weighted by atomic mass is 9.75. The predicted molar refractivity (Wildman–Crippen MR) is 59.5 cm³/mol. The fourth-order valence-electron chi connectivity index (χ4n) is 1.77. The summed E-state index contributed by atoms with van der Waals surface area (Å²) in [5.74, 6) is 1.25. The Balaban J connectivity index is 2.08. The molecule has 15 heavy (non-hydrogen) atoms. The van der Waals surface area contributed by atoms with Crippen molar-refractivity contribution in [3.8, 4) is 0 Å². The number of hydrogen-bond donors (Lipinski definition) is 2. The molecule has 0 radical (unpaired) electrons. The Morgan fingerprint density at radius 1 is 1.40 bits per heavy atom. The van der Waals surface area contributed by atoms with Crippen LogP contribution in [0.1, 0.15) is 33.6 Å². The molecule has 1 rings (SSSR count). The number of carbonyl (C=O) groups is 1. The zero-order valence-corrected chi connectivity index (χ0v) is 9.88. The molecule has 88 valence electrons. The van der Waals surface area contributed by atoms with Crippen molar-refractivity contribution in [1.29, 1.82) is 0 Å². The molecule has 1 saturated carbocycles. The summed E-state index contributed by atoms with van der Waals surface area (Å²) in [6.45, 7) is 7.06. The summed E-state index contributed by atoms with van der Waals surface area (Å²) in [4.78, 5) is 11.3. The smallest absolute Gasteiger partial charge is 0.407 e. The molecule has 0 aromatic rings. The van der Waals surface area contributed by atoms with Crippen molar-refractivity contribution >= 4 is 6.09 Å². The van der Waals surface area contributed by atoms with Gasteiger partial charge in [-0.25, -0.2) is 4.79 Å². The van der Waals surface area contributed by atoms with Gasteiger partial charge < -0.3 is 15.8 Å². The Hall–Kier alpha value is -0.770. The average Bonchev–Trinajstić information content (AvgIpc) is 1.98. The van der Waals surface area contributed by atoms with E-state index in [0.29, 0.717) is 18.4 Å². The lowest BCUT2D eigenvalue weighted by molar-refractivity contribution is 0.0499. The Morgan fingerprint density at radius 2 is 2.00 bits per heavy atom. The third-order valence-corrected chi connectivity index (χ3v) is 2.60. The third kappa shape index (κ3) is 4.51. The van der Waals surface area contributed by atoms with Crippen molar-refractivity contribution in [1.82, 2.24) is 5.32 Å². The topological polar surface area (TPSA) is 64.3 Å². The summed E-state index contributed by atoms with van der Waals surface area (Å²) in [6, 6.07) is 0. The van der Waals surface area contributed by atoms with E-state index in [4.69, 9.17) is 10.5 Å². The van der Waals surface area contributed by atoms with Crippen LogP contribution in [0, 0.1) is 11.8 Å². The quantitative estimate of drug-likeness (QED) is 0.748. The van der Waals surface area contributed by atoms with Crippen molar-refractivity contribution in [3.63, 3.8) is 0 Å². The number of nitrogens with two attached hydrogens (primary N) is 1. The molecule has 0 heterocycles. The maximum Gasteiger partial charge on any atom is 0.407 e. The molecule has 0 aliphatic heterocycles. The van der Waals surface area contributed by atoms with Crippen molar-refractivity contribution in [2.75, 3.05) is 13.1 Å². The van der Waals surface area contributed by atoms with Crippen LogP contribution in [-0.4, -0.2) is 24.8 Å². The fraction of sp³-hybridized carbons (Fsp3) is 0.909. The van der Waals surface area contributed by atoms with E-state index in [-0.39, 0.29) is 6.09 Å². The van der Waals surface area contributed by atoms with Crippen LogP contribution < -0.4 is 11.1 Å². The Morgan fingerprint density at radius 3 is 2.47 bits per heavy atom. The highest BCUT2D eigenvalue weighted by Crippen LogP contribution is 2.31. The van der Waals surface area contributed by atoms with E-state index in [0.717, 1.165) is 19.4 Å². The lowest BCUT2D eigenvalue weighted by Crippen LogP contribution is -2.40. The predicted octanol–water partition coefficient (Wildman–Crippen LogP) is 1.50. The zero-order chi connectivity index (χ0) is 11.5. The summed E-state index contributed by atoms with van der Waals surface area (Å²) in [5.41, 5.74) is 5.11. The maximum absolute atomic E-state index is 11.3. The Kier molecular flexibility index (Phi) is 3.97. The van der Waals surface area contributed by atoms with Crippen LogP contribution >= 0.6 is 0 Å². The number of ether oxygens (including phenoxy) is 1. The highest BCUT2D eigenvalue weighted by molar-refractivity contribution is 5.67. The van der Waals surface area contributed by atoms with Gasteiger partial charge in [0.05, 0.1) is 0 Å². The molecule has 3 N–H and O–H groups in total. The lowest BCUT2D eigenvalue weighted by Gasteiger charge is -2.34. The van der Waals surface area contributed by atoms with Gasteiger partial charge in [-0.05, 0) is 52.0 Å². The SMILES string of the molecule is CC(C)(C)OC(=O)NCC1CC(CN)C1. The van der Waals surface area contributed by atoms with Crippen LogP contribution in [0.3, 0.4) is 0 Å². The van der Waals surface area contributed by atoms with E-state index in [9.17, 15) is 4.79 Å². The van der Waals surface area contributed by atoms with Gasteiger partial charge in [0.1, 0.15) is 5.60 Å². The van der Waals surface area contributed by atoms with Crippen molar-refractivity contribution in [2.24, 2.45) is 17.6 Å². The molecule has 1 aliphatic carbocycles. The number of rotatable bonds is 3. The number of alkyl carbamates (subject to hydrolysis) is 1. The second kappa shape index (κ2) is 4.84. The fourth-order valence-corrected chi connectivity index (χ4v) is 1.77. The average molecular weight is 214 g/mol. The van der Waals surface area contributed by atoms with E-state index in [2.05, 4.69) is 5.32 Å². The summed E-state index contributed by atoms with van der Waals surface area (Å²) >= 11 is 0. The molecular weight excluding hydrogens is 192 g/mol. The van der Waals surface area contributed by atoms with Gasteiger partial charge in [0.25, 0.3) is 0 Å². The first-order valence-electron chi connectivity index (χ1n) is 5.57. The Bertz CT molecular complexity index is 217. The van der Waals surface area contributed by atoms with Gasteiger partial charge in [-0.3, -0.25) is 0 Å². The van der Waals surface area contributed by atoms with Crippen molar-refractivity contribution < 1.29 is 9.53 Å². The van der Waals surface area contributed by atoms with Crippen LogP contribution in [0.5, 0.6) is 0 Å². The first-order valence-corrected chi connectivity index (χ1v) is 5.57. The number of hydrogen-bond acceptors (Lipinski definition) is 3. The van der Waals surface area contributed by atoms with E-state index in [1.165, 1.54) is 0 Å². The van der Waals surface area contributed by atoms with Gasteiger partial charge in [0.2, 0.25) is 0 Å². The van der Waals surface area contributed by atoms with Crippen molar-refractivity contribution in [3.05, 3.63) is 0 Å². The summed E-state index contributed by atoms with van der Waals surface area (Å²) in [6.07, 6.45) is 1.94. The van der Waals surface area contributed by atoms with E-state index < -0.39 is 5.60 Å². The van der Waals surface area contributed by atoms with Gasteiger partial charge in [-0.2, -0.15) is 0 Å². The molecule has 4 heteroatoms. The van der Waals surface area contributed by atoms with E-state index in [1.54, 1.807) is 0 Å². The molecule has 1 fully saturated rings.